The van der Waals surface area contributed by atoms with Crippen molar-refractivity contribution >= 4 is 34.6 Å². The van der Waals surface area contributed by atoms with Gasteiger partial charge < -0.3 is 16.0 Å². The van der Waals surface area contributed by atoms with Gasteiger partial charge in [0.05, 0.1) is 0 Å². The lowest BCUT2D eigenvalue weighted by atomic mass is 10.1. The van der Waals surface area contributed by atoms with Gasteiger partial charge in [0.15, 0.2) is 0 Å². The number of aryl methyl sites for hydroxylation is 1. The first-order chi connectivity index (χ1) is 13.0. The quantitative estimate of drug-likeness (QED) is 0.604. The molecule has 0 unspecified atom stereocenters. The zero-order valence-corrected chi connectivity index (χ0v) is 15.2. The summed E-state index contributed by atoms with van der Waals surface area (Å²) in [6, 6.07) is 22.4. The van der Waals surface area contributed by atoms with Gasteiger partial charge in [-0.1, -0.05) is 23.8 Å². The highest BCUT2D eigenvalue weighted by atomic mass is 16.2. The predicted octanol–water partition coefficient (Wildman–Crippen LogP) is 4.95. The van der Waals surface area contributed by atoms with Gasteiger partial charge in [0, 0.05) is 35.2 Å². The SMILES string of the molecule is CC(=O)Nc1cccc(Nc2ccc(NC(=O)c3cccc(C)c3)cc2)c1. The van der Waals surface area contributed by atoms with Crippen LogP contribution < -0.4 is 16.0 Å². The number of carbonyl (C=O) groups is 2. The Kier molecular flexibility index (Phi) is 5.52. The molecule has 0 saturated heterocycles. The zero-order valence-electron chi connectivity index (χ0n) is 15.2. The monoisotopic (exact) mass is 359 g/mol. The highest BCUT2D eigenvalue weighted by molar-refractivity contribution is 6.04. The highest BCUT2D eigenvalue weighted by Crippen LogP contribution is 2.22. The van der Waals surface area contributed by atoms with Crippen LogP contribution in [0.3, 0.4) is 0 Å². The molecule has 3 aromatic rings. The minimum atomic E-state index is -0.137. The fourth-order valence-electron chi connectivity index (χ4n) is 2.67. The van der Waals surface area contributed by atoms with E-state index in [0.717, 1.165) is 28.3 Å². The third-order valence-corrected chi connectivity index (χ3v) is 3.89. The number of amides is 2. The van der Waals surface area contributed by atoms with Gasteiger partial charge >= 0.3 is 0 Å². The highest BCUT2D eigenvalue weighted by Gasteiger charge is 2.06. The van der Waals surface area contributed by atoms with Crippen molar-refractivity contribution in [2.75, 3.05) is 16.0 Å². The van der Waals surface area contributed by atoms with E-state index in [1.54, 1.807) is 6.07 Å². The Bertz CT molecular complexity index is 965. The number of benzene rings is 3. The molecule has 5 nitrogen and oxygen atoms in total. The molecule has 5 heteroatoms. The summed E-state index contributed by atoms with van der Waals surface area (Å²) < 4.78 is 0. The molecule has 0 heterocycles. The molecule has 0 bridgehead atoms. The molecule has 0 spiro atoms. The van der Waals surface area contributed by atoms with Crippen molar-refractivity contribution in [1.82, 2.24) is 0 Å². The van der Waals surface area contributed by atoms with Crippen LogP contribution in [0.15, 0.2) is 72.8 Å². The molecule has 0 aliphatic rings. The maximum absolute atomic E-state index is 12.3. The molecule has 0 aliphatic carbocycles. The second-order valence-electron chi connectivity index (χ2n) is 6.29. The molecule has 3 N–H and O–H groups in total. The molecule has 0 saturated carbocycles. The molecule has 0 fully saturated rings. The fraction of sp³-hybridized carbons (Fsp3) is 0.0909. The molecule has 0 aliphatic heterocycles. The summed E-state index contributed by atoms with van der Waals surface area (Å²) in [5, 5.41) is 8.92. The van der Waals surface area contributed by atoms with E-state index in [1.807, 2.05) is 73.7 Å². The van der Waals surface area contributed by atoms with Gasteiger partial charge in [-0.25, -0.2) is 0 Å². The summed E-state index contributed by atoms with van der Waals surface area (Å²) >= 11 is 0. The molecule has 0 atom stereocenters. The first-order valence-electron chi connectivity index (χ1n) is 8.62. The number of nitrogens with one attached hydrogen (secondary N) is 3. The van der Waals surface area contributed by atoms with Crippen LogP contribution in [-0.4, -0.2) is 11.8 Å². The largest absolute Gasteiger partial charge is 0.355 e. The van der Waals surface area contributed by atoms with Crippen LogP contribution in [-0.2, 0) is 4.79 Å². The Morgan fingerprint density at radius 3 is 2.07 bits per heavy atom. The molecular formula is C22H21N3O2. The van der Waals surface area contributed by atoms with E-state index in [-0.39, 0.29) is 11.8 Å². The standard InChI is InChI=1S/C22H21N3O2/c1-15-5-3-6-17(13-15)22(27)25-19-11-9-18(10-12-19)24-21-8-4-7-20(14-21)23-16(2)26/h3-14,24H,1-2H3,(H,23,26)(H,25,27). The zero-order chi connectivity index (χ0) is 19.2. The summed E-state index contributed by atoms with van der Waals surface area (Å²) in [6.07, 6.45) is 0. The number of anilines is 4. The normalized spacial score (nSPS) is 10.1. The first kappa shape index (κ1) is 18.2. The van der Waals surface area contributed by atoms with Gasteiger partial charge in [-0.15, -0.1) is 0 Å². The van der Waals surface area contributed by atoms with Gasteiger partial charge in [0.2, 0.25) is 5.91 Å². The van der Waals surface area contributed by atoms with Crippen LogP contribution in [0.1, 0.15) is 22.8 Å². The smallest absolute Gasteiger partial charge is 0.255 e. The minimum Gasteiger partial charge on any atom is -0.355 e. The average Bonchev–Trinajstić information content (AvgIpc) is 2.63. The number of hydrogen-bond acceptors (Lipinski definition) is 3. The van der Waals surface area contributed by atoms with Crippen LogP contribution in [0.5, 0.6) is 0 Å². The summed E-state index contributed by atoms with van der Waals surface area (Å²) in [5.74, 6) is -0.247. The lowest BCUT2D eigenvalue weighted by Crippen LogP contribution is -2.11. The second kappa shape index (κ2) is 8.19. The molecule has 0 radical (unpaired) electrons. The van der Waals surface area contributed by atoms with Gasteiger partial charge in [-0.2, -0.15) is 0 Å². The Morgan fingerprint density at radius 1 is 0.704 bits per heavy atom. The lowest BCUT2D eigenvalue weighted by Gasteiger charge is -2.10. The van der Waals surface area contributed by atoms with Crippen molar-refractivity contribution in [2.24, 2.45) is 0 Å². The van der Waals surface area contributed by atoms with Gasteiger partial charge in [-0.05, 0) is 61.5 Å². The minimum absolute atomic E-state index is 0.110. The predicted molar refractivity (Wildman–Crippen MR) is 110 cm³/mol. The van der Waals surface area contributed by atoms with Gasteiger partial charge in [-0.3, -0.25) is 9.59 Å². The van der Waals surface area contributed by atoms with Crippen molar-refractivity contribution in [3.8, 4) is 0 Å². The third-order valence-electron chi connectivity index (χ3n) is 3.89. The second-order valence-corrected chi connectivity index (χ2v) is 6.29. The number of rotatable bonds is 5. The average molecular weight is 359 g/mol. The van der Waals surface area contributed by atoms with E-state index in [9.17, 15) is 9.59 Å². The molecule has 27 heavy (non-hydrogen) atoms. The fourth-order valence-corrected chi connectivity index (χ4v) is 2.67. The van der Waals surface area contributed by atoms with Crippen molar-refractivity contribution in [1.29, 1.82) is 0 Å². The number of carbonyl (C=O) groups excluding carboxylic acids is 2. The maximum Gasteiger partial charge on any atom is 0.255 e. The summed E-state index contributed by atoms with van der Waals surface area (Å²) in [4.78, 5) is 23.5. The molecule has 3 rings (SSSR count). The molecular weight excluding hydrogens is 338 g/mol. The molecule has 0 aromatic heterocycles. The molecule has 3 aromatic carbocycles. The van der Waals surface area contributed by atoms with Crippen LogP contribution in [0.25, 0.3) is 0 Å². The summed E-state index contributed by atoms with van der Waals surface area (Å²) in [5.41, 5.74) is 4.87. The van der Waals surface area contributed by atoms with E-state index in [2.05, 4.69) is 16.0 Å². The topological polar surface area (TPSA) is 70.2 Å². The van der Waals surface area contributed by atoms with Crippen LogP contribution in [0.4, 0.5) is 22.7 Å². The van der Waals surface area contributed by atoms with Crippen LogP contribution in [0.2, 0.25) is 0 Å². The Labute approximate surface area is 158 Å². The Hall–Kier alpha value is -3.60. The van der Waals surface area contributed by atoms with Crippen molar-refractivity contribution in [3.63, 3.8) is 0 Å². The van der Waals surface area contributed by atoms with Crippen molar-refractivity contribution in [3.05, 3.63) is 83.9 Å². The van der Waals surface area contributed by atoms with E-state index in [0.29, 0.717) is 5.56 Å². The Morgan fingerprint density at radius 2 is 1.37 bits per heavy atom. The van der Waals surface area contributed by atoms with E-state index in [1.165, 1.54) is 6.92 Å². The first-order valence-corrected chi connectivity index (χ1v) is 8.62. The Balaban J connectivity index is 1.65. The van der Waals surface area contributed by atoms with E-state index < -0.39 is 0 Å². The maximum atomic E-state index is 12.3. The van der Waals surface area contributed by atoms with Gasteiger partial charge in [0.1, 0.15) is 0 Å². The van der Waals surface area contributed by atoms with E-state index >= 15 is 0 Å². The summed E-state index contributed by atoms with van der Waals surface area (Å²) in [6.45, 7) is 3.43. The molecule has 136 valence electrons. The lowest BCUT2D eigenvalue weighted by molar-refractivity contribution is -0.114. The van der Waals surface area contributed by atoms with Crippen molar-refractivity contribution in [2.45, 2.75) is 13.8 Å². The van der Waals surface area contributed by atoms with Crippen LogP contribution in [0, 0.1) is 6.92 Å². The molecule has 2 amide bonds. The van der Waals surface area contributed by atoms with Gasteiger partial charge in [0.25, 0.3) is 5.91 Å². The number of hydrogen-bond donors (Lipinski definition) is 3. The summed E-state index contributed by atoms with van der Waals surface area (Å²) in [7, 11) is 0. The van der Waals surface area contributed by atoms with E-state index in [4.69, 9.17) is 0 Å². The van der Waals surface area contributed by atoms with Crippen molar-refractivity contribution < 1.29 is 9.59 Å². The van der Waals surface area contributed by atoms with Crippen LogP contribution >= 0.6 is 0 Å². The third kappa shape index (κ3) is 5.19.